The van der Waals surface area contributed by atoms with E-state index in [4.69, 9.17) is 10.00 Å². The second-order valence-corrected chi connectivity index (χ2v) is 5.99. The Balaban J connectivity index is 1.91. The van der Waals surface area contributed by atoms with Crippen LogP contribution in [0.3, 0.4) is 0 Å². The summed E-state index contributed by atoms with van der Waals surface area (Å²) in [7, 11) is 0. The smallest absolute Gasteiger partial charge is 0.331 e. The van der Waals surface area contributed by atoms with Crippen molar-refractivity contribution < 1.29 is 9.53 Å². The summed E-state index contributed by atoms with van der Waals surface area (Å²) in [5, 5.41) is 9.09. The summed E-state index contributed by atoms with van der Waals surface area (Å²) in [6.07, 6.45) is 2.92. The van der Waals surface area contributed by atoms with Gasteiger partial charge in [-0.2, -0.15) is 5.26 Å². The number of amides is 1. The van der Waals surface area contributed by atoms with Crippen molar-refractivity contribution in [2.24, 2.45) is 0 Å². The molecule has 0 bridgehead atoms. The second kappa shape index (κ2) is 6.01. The maximum Gasteiger partial charge on any atom is 0.331 e. The minimum atomic E-state index is -0.705. The number of carbonyl (C=O) groups excluding carboxylic acids is 1. The molecule has 0 spiro atoms. The van der Waals surface area contributed by atoms with Crippen LogP contribution in [0.2, 0.25) is 0 Å². The third-order valence-electron chi connectivity index (χ3n) is 4.14. The first-order chi connectivity index (χ1) is 11.0. The molecule has 1 atom stereocenters. The van der Waals surface area contributed by atoms with Gasteiger partial charge in [-0.3, -0.25) is 14.2 Å². The van der Waals surface area contributed by atoms with Crippen LogP contribution in [-0.2, 0) is 16.1 Å². The van der Waals surface area contributed by atoms with E-state index in [1.807, 2.05) is 13.0 Å². The van der Waals surface area contributed by atoms with Crippen molar-refractivity contribution in [3.8, 4) is 6.07 Å². The summed E-state index contributed by atoms with van der Waals surface area (Å²) in [5.41, 5.74) is -1.34. The maximum atomic E-state index is 12.4. The van der Waals surface area contributed by atoms with Gasteiger partial charge in [0.15, 0.2) is 0 Å². The van der Waals surface area contributed by atoms with Crippen molar-refractivity contribution in [2.75, 3.05) is 19.7 Å². The van der Waals surface area contributed by atoms with Crippen molar-refractivity contribution in [2.45, 2.75) is 38.5 Å². The monoisotopic (exact) mass is 318 g/mol. The van der Waals surface area contributed by atoms with Crippen LogP contribution in [0.25, 0.3) is 0 Å². The SMILES string of the molecule is C[C@H]1CN(C(=O)Cn2c(=O)c(C#N)cn(C3CC3)c2=O)CCO1. The quantitative estimate of drug-likeness (QED) is 0.746. The molecule has 0 radical (unpaired) electrons. The minimum Gasteiger partial charge on any atom is -0.375 e. The zero-order chi connectivity index (χ0) is 16.6. The molecule has 0 aromatic carbocycles. The van der Waals surface area contributed by atoms with Crippen molar-refractivity contribution in [3.63, 3.8) is 0 Å². The van der Waals surface area contributed by atoms with Gasteiger partial charge in [-0.1, -0.05) is 0 Å². The fourth-order valence-corrected chi connectivity index (χ4v) is 2.73. The molecule has 1 aromatic heterocycles. The van der Waals surface area contributed by atoms with E-state index in [0.29, 0.717) is 19.7 Å². The van der Waals surface area contributed by atoms with E-state index in [-0.39, 0.29) is 30.2 Å². The Labute approximate surface area is 132 Å². The van der Waals surface area contributed by atoms with Gasteiger partial charge in [0.1, 0.15) is 18.2 Å². The molecule has 0 unspecified atom stereocenters. The third-order valence-corrected chi connectivity index (χ3v) is 4.14. The summed E-state index contributed by atoms with van der Waals surface area (Å²) in [5.74, 6) is -0.309. The number of hydrogen-bond donors (Lipinski definition) is 0. The Bertz CT molecular complexity index is 784. The molecule has 0 N–H and O–H groups in total. The normalized spacial score (nSPS) is 21.0. The second-order valence-electron chi connectivity index (χ2n) is 5.99. The maximum absolute atomic E-state index is 12.4. The van der Waals surface area contributed by atoms with Crippen LogP contribution >= 0.6 is 0 Å². The van der Waals surface area contributed by atoms with Gasteiger partial charge in [-0.15, -0.1) is 0 Å². The lowest BCUT2D eigenvalue weighted by Crippen LogP contribution is -2.49. The first kappa shape index (κ1) is 15.5. The topological polar surface area (TPSA) is 97.3 Å². The molecule has 1 aromatic rings. The van der Waals surface area contributed by atoms with Gasteiger partial charge in [0.05, 0.1) is 12.7 Å². The van der Waals surface area contributed by atoms with E-state index in [1.165, 1.54) is 10.8 Å². The number of carbonyl (C=O) groups is 1. The molecule has 3 rings (SSSR count). The summed E-state index contributed by atoms with van der Waals surface area (Å²) in [4.78, 5) is 38.7. The summed E-state index contributed by atoms with van der Waals surface area (Å²) in [6, 6.07) is 1.84. The average molecular weight is 318 g/mol. The molecule has 23 heavy (non-hydrogen) atoms. The number of hydrogen-bond acceptors (Lipinski definition) is 5. The zero-order valence-electron chi connectivity index (χ0n) is 12.9. The number of aromatic nitrogens is 2. The predicted molar refractivity (Wildman–Crippen MR) is 79.9 cm³/mol. The van der Waals surface area contributed by atoms with Gasteiger partial charge in [0, 0.05) is 25.3 Å². The number of ether oxygens (including phenoxy) is 1. The van der Waals surface area contributed by atoms with Gasteiger partial charge < -0.3 is 9.64 Å². The fraction of sp³-hybridized carbons (Fsp3) is 0.600. The van der Waals surface area contributed by atoms with Crippen LogP contribution in [0.15, 0.2) is 15.8 Å². The van der Waals surface area contributed by atoms with E-state index in [1.54, 1.807) is 4.90 Å². The van der Waals surface area contributed by atoms with Gasteiger partial charge in [-0.25, -0.2) is 9.36 Å². The Hall–Kier alpha value is -2.40. The van der Waals surface area contributed by atoms with E-state index in [0.717, 1.165) is 17.4 Å². The molecule has 122 valence electrons. The number of nitrogens with zero attached hydrogens (tertiary/aromatic N) is 4. The van der Waals surface area contributed by atoms with Crippen molar-refractivity contribution in [1.82, 2.24) is 14.0 Å². The van der Waals surface area contributed by atoms with Crippen molar-refractivity contribution >= 4 is 5.91 Å². The predicted octanol–water partition coefficient (Wildman–Crippen LogP) is -0.536. The molecule has 1 amide bonds. The van der Waals surface area contributed by atoms with Gasteiger partial charge in [-0.05, 0) is 19.8 Å². The standard InChI is InChI=1S/C15H18N4O4/c1-10-7-17(4-5-23-10)13(20)9-19-14(21)11(6-16)8-18(15(19)22)12-2-3-12/h8,10,12H,2-5,7,9H2,1H3/t10-/m0/s1. The summed E-state index contributed by atoms with van der Waals surface area (Å²) < 4.78 is 7.65. The van der Waals surface area contributed by atoms with Crippen LogP contribution in [0, 0.1) is 11.3 Å². The highest BCUT2D eigenvalue weighted by Crippen LogP contribution is 2.33. The van der Waals surface area contributed by atoms with E-state index in [2.05, 4.69) is 0 Å². The van der Waals surface area contributed by atoms with E-state index >= 15 is 0 Å². The fourth-order valence-electron chi connectivity index (χ4n) is 2.73. The number of morpholine rings is 1. The van der Waals surface area contributed by atoms with Crippen LogP contribution in [0.4, 0.5) is 0 Å². The van der Waals surface area contributed by atoms with Crippen LogP contribution < -0.4 is 11.2 Å². The first-order valence-electron chi connectivity index (χ1n) is 7.66. The largest absolute Gasteiger partial charge is 0.375 e. The molecule has 8 heteroatoms. The molecular weight excluding hydrogens is 300 g/mol. The molecular formula is C15H18N4O4. The third kappa shape index (κ3) is 3.05. The Morgan fingerprint density at radius 1 is 1.43 bits per heavy atom. The highest BCUT2D eigenvalue weighted by molar-refractivity contribution is 5.76. The Morgan fingerprint density at radius 2 is 2.17 bits per heavy atom. The van der Waals surface area contributed by atoms with Gasteiger partial charge >= 0.3 is 5.69 Å². The summed E-state index contributed by atoms with van der Waals surface area (Å²) >= 11 is 0. The average Bonchev–Trinajstić information content (AvgIpc) is 3.36. The van der Waals surface area contributed by atoms with Gasteiger partial charge in [0.25, 0.3) is 5.56 Å². The molecule has 1 saturated carbocycles. The van der Waals surface area contributed by atoms with E-state index < -0.39 is 11.2 Å². The lowest BCUT2D eigenvalue weighted by Gasteiger charge is -2.31. The molecule has 1 aliphatic carbocycles. The number of nitriles is 1. The molecule has 1 aliphatic heterocycles. The lowest BCUT2D eigenvalue weighted by molar-refractivity contribution is -0.138. The molecule has 8 nitrogen and oxygen atoms in total. The summed E-state index contributed by atoms with van der Waals surface area (Å²) in [6.45, 7) is 2.83. The van der Waals surface area contributed by atoms with Crippen LogP contribution in [0.1, 0.15) is 31.4 Å². The molecule has 1 saturated heterocycles. The lowest BCUT2D eigenvalue weighted by atomic mass is 10.3. The highest BCUT2D eigenvalue weighted by atomic mass is 16.5. The first-order valence-corrected chi connectivity index (χ1v) is 7.66. The van der Waals surface area contributed by atoms with Crippen molar-refractivity contribution in [3.05, 3.63) is 32.6 Å². The molecule has 2 heterocycles. The Kier molecular flexibility index (Phi) is 4.05. The molecule has 2 fully saturated rings. The van der Waals surface area contributed by atoms with Crippen LogP contribution in [-0.4, -0.2) is 45.7 Å². The van der Waals surface area contributed by atoms with Crippen molar-refractivity contribution in [1.29, 1.82) is 5.26 Å². The highest BCUT2D eigenvalue weighted by Gasteiger charge is 2.28. The molecule has 2 aliphatic rings. The van der Waals surface area contributed by atoms with Crippen LogP contribution in [0.5, 0.6) is 0 Å². The Morgan fingerprint density at radius 3 is 2.78 bits per heavy atom. The minimum absolute atomic E-state index is 0.0277. The van der Waals surface area contributed by atoms with Gasteiger partial charge in [0.2, 0.25) is 5.91 Å². The number of rotatable bonds is 3. The van der Waals surface area contributed by atoms with E-state index in [9.17, 15) is 14.4 Å². The zero-order valence-corrected chi connectivity index (χ0v) is 12.9.